The van der Waals surface area contributed by atoms with Crippen LogP contribution in [0.25, 0.3) is 11.3 Å². The Morgan fingerprint density at radius 2 is 1.96 bits per heavy atom. The molecule has 1 aromatic carbocycles. The molecule has 0 radical (unpaired) electrons. The van der Waals surface area contributed by atoms with Gasteiger partial charge in [-0.3, -0.25) is 15.1 Å². The van der Waals surface area contributed by atoms with Crippen molar-refractivity contribution in [1.82, 2.24) is 9.55 Å². The second-order valence-electron chi connectivity index (χ2n) is 6.34. The first-order valence-corrected chi connectivity index (χ1v) is 9.50. The summed E-state index contributed by atoms with van der Waals surface area (Å²) < 4.78 is 2.30. The molecule has 1 fully saturated rings. The van der Waals surface area contributed by atoms with Crippen LogP contribution in [-0.2, 0) is 0 Å². The lowest BCUT2D eigenvalue weighted by atomic mass is 10.1. The van der Waals surface area contributed by atoms with Gasteiger partial charge in [0.05, 0.1) is 22.5 Å². The number of rotatable bonds is 4. The van der Waals surface area contributed by atoms with Gasteiger partial charge in [-0.05, 0) is 42.7 Å². The number of benzene rings is 1. The number of nitrogens with zero attached hydrogens (tertiary/aromatic N) is 4. The fourth-order valence-electron chi connectivity index (χ4n) is 3.41. The van der Waals surface area contributed by atoms with E-state index in [1.165, 1.54) is 12.8 Å². The lowest BCUT2D eigenvalue weighted by Crippen LogP contribution is -2.19. The van der Waals surface area contributed by atoms with Crippen molar-refractivity contribution in [2.24, 2.45) is 4.99 Å². The van der Waals surface area contributed by atoms with Crippen LogP contribution in [0.5, 0.6) is 0 Å². The fourth-order valence-corrected chi connectivity index (χ4v) is 4.40. The highest BCUT2D eigenvalue weighted by atomic mass is 32.1. The largest absolute Gasteiger partial charge is 0.313 e. The van der Waals surface area contributed by atoms with Gasteiger partial charge in [0.2, 0.25) is 0 Å². The maximum atomic E-state index is 10.9. The smallest absolute Gasteiger partial charge is 0.269 e. The summed E-state index contributed by atoms with van der Waals surface area (Å²) in [4.78, 5) is 20.4. The Kier molecular flexibility index (Phi) is 4.62. The van der Waals surface area contributed by atoms with Gasteiger partial charge in [0, 0.05) is 29.8 Å². The molecular weight excluding hydrogens is 348 g/mol. The molecular formula is C19H18N4O2S. The molecule has 0 atom stereocenters. The van der Waals surface area contributed by atoms with E-state index in [4.69, 9.17) is 4.99 Å². The first-order chi connectivity index (χ1) is 12.7. The summed E-state index contributed by atoms with van der Waals surface area (Å²) in [5, 5.41) is 13.0. The second kappa shape index (κ2) is 7.21. The van der Waals surface area contributed by atoms with E-state index < -0.39 is 0 Å². The number of aromatic nitrogens is 2. The van der Waals surface area contributed by atoms with E-state index in [9.17, 15) is 10.1 Å². The van der Waals surface area contributed by atoms with E-state index in [2.05, 4.69) is 14.9 Å². The Morgan fingerprint density at radius 3 is 2.62 bits per heavy atom. The van der Waals surface area contributed by atoms with E-state index in [-0.39, 0.29) is 10.6 Å². The molecule has 3 aromatic rings. The van der Waals surface area contributed by atoms with E-state index in [1.54, 1.807) is 35.9 Å². The minimum absolute atomic E-state index is 0.108. The van der Waals surface area contributed by atoms with Gasteiger partial charge in [-0.15, -0.1) is 11.3 Å². The van der Waals surface area contributed by atoms with E-state index in [0.29, 0.717) is 6.04 Å². The Morgan fingerprint density at radius 1 is 1.19 bits per heavy atom. The molecule has 7 heteroatoms. The number of pyridine rings is 1. The quantitative estimate of drug-likeness (QED) is 0.488. The summed E-state index contributed by atoms with van der Waals surface area (Å²) in [5.74, 6) is 0. The predicted molar refractivity (Wildman–Crippen MR) is 101 cm³/mol. The summed E-state index contributed by atoms with van der Waals surface area (Å²) in [6, 6.07) is 11.0. The van der Waals surface area contributed by atoms with E-state index in [0.717, 1.165) is 34.6 Å². The summed E-state index contributed by atoms with van der Waals surface area (Å²) in [6.45, 7) is 0. The highest BCUT2D eigenvalue weighted by Crippen LogP contribution is 2.34. The zero-order chi connectivity index (χ0) is 17.9. The summed E-state index contributed by atoms with van der Waals surface area (Å²) in [6.07, 6.45) is 8.21. The zero-order valence-corrected chi connectivity index (χ0v) is 14.9. The predicted octanol–water partition coefficient (Wildman–Crippen LogP) is 4.87. The minimum atomic E-state index is -0.369. The van der Waals surface area contributed by atoms with Crippen molar-refractivity contribution >= 4 is 22.7 Å². The molecule has 0 aliphatic heterocycles. The SMILES string of the molecule is O=[N+]([O-])c1ccc(-c2csc(=Nc3cccnc3)n2C2CCCC2)cc1. The lowest BCUT2D eigenvalue weighted by molar-refractivity contribution is -0.384. The number of hydrogen-bond acceptors (Lipinski definition) is 5. The van der Waals surface area contributed by atoms with Crippen LogP contribution in [0.1, 0.15) is 31.7 Å². The molecule has 0 N–H and O–H groups in total. The summed E-state index contributed by atoms with van der Waals surface area (Å²) in [7, 11) is 0. The zero-order valence-electron chi connectivity index (χ0n) is 14.1. The molecule has 0 unspecified atom stereocenters. The number of non-ortho nitro benzene ring substituents is 1. The molecule has 1 saturated carbocycles. The molecule has 26 heavy (non-hydrogen) atoms. The van der Waals surface area contributed by atoms with E-state index >= 15 is 0 Å². The van der Waals surface area contributed by atoms with Crippen LogP contribution in [0.2, 0.25) is 0 Å². The van der Waals surface area contributed by atoms with Crippen molar-refractivity contribution in [2.75, 3.05) is 0 Å². The Bertz CT molecular complexity index is 971. The van der Waals surface area contributed by atoms with Crippen molar-refractivity contribution in [1.29, 1.82) is 0 Å². The molecule has 2 aromatic heterocycles. The molecule has 4 rings (SSSR count). The molecule has 0 spiro atoms. The molecule has 1 aliphatic carbocycles. The van der Waals surface area contributed by atoms with Crippen molar-refractivity contribution in [2.45, 2.75) is 31.7 Å². The van der Waals surface area contributed by atoms with Crippen LogP contribution >= 0.6 is 11.3 Å². The van der Waals surface area contributed by atoms with Crippen molar-refractivity contribution in [3.8, 4) is 11.3 Å². The van der Waals surface area contributed by atoms with Gasteiger partial charge in [0.25, 0.3) is 5.69 Å². The molecule has 0 bridgehead atoms. The summed E-state index contributed by atoms with van der Waals surface area (Å²) in [5.41, 5.74) is 2.99. The number of thiazole rings is 1. The maximum absolute atomic E-state index is 10.9. The van der Waals surface area contributed by atoms with E-state index in [1.807, 2.05) is 24.3 Å². The van der Waals surface area contributed by atoms with Crippen molar-refractivity contribution < 1.29 is 4.92 Å². The maximum Gasteiger partial charge on any atom is 0.269 e. The fraction of sp³-hybridized carbons (Fsp3) is 0.263. The van der Waals surface area contributed by atoms with Crippen LogP contribution in [0.15, 0.2) is 59.2 Å². The number of nitro benzene ring substituents is 1. The van der Waals surface area contributed by atoms with Gasteiger partial charge >= 0.3 is 0 Å². The average Bonchev–Trinajstić information content (AvgIpc) is 3.32. The molecule has 0 saturated heterocycles. The number of hydrogen-bond donors (Lipinski definition) is 0. The topological polar surface area (TPSA) is 73.3 Å². The van der Waals surface area contributed by atoms with Crippen molar-refractivity contribution in [3.63, 3.8) is 0 Å². The normalized spacial score (nSPS) is 15.5. The standard InChI is InChI=1S/C19H18N4O2S/c24-23(25)17-9-7-14(8-10-17)18-13-26-19(21-15-4-3-11-20-12-15)22(18)16-5-1-2-6-16/h3-4,7-13,16H,1-2,5-6H2. The molecule has 1 aliphatic rings. The van der Waals surface area contributed by atoms with Crippen LogP contribution in [0.4, 0.5) is 11.4 Å². The van der Waals surface area contributed by atoms with Crippen LogP contribution in [-0.4, -0.2) is 14.5 Å². The first-order valence-electron chi connectivity index (χ1n) is 8.62. The number of nitro groups is 1. The third-order valence-electron chi connectivity index (χ3n) is 4.68. The van der Waals surface area contributed by atoms with Gasteiger partial charge < -0.3 is 4.57 Å². The second-order valence-corrected chi connectivity index (χ2v) is 7.18. The molecule has 0 amide bonds. The van der Waals surface area contributed by atoms with Gasteiger partial charge in [-0.2, -0.15) is 0 Å². The third-order valence-corrected chi connectivity index (χ3v) is 5.52. The Hall–Kier alpha value is -2.80. The van der Waals surface area contributed by atoms with Crippen LogP contribution < -0.4 is 4.80 Å². The Balaban J connectivity index is 1.82. The molecule has 2 heterocycles. The highest BCUT2D eigenvalue weighted by Gasteiger charge is 2.21. The van der Waals surface area contributed by atoms with Gasteiger partial charge in [0.1, 0.15) is 0 Å². The monoisotopic (exact) mass is 366 g/mol. The molecule has 6 nitrogen and oxygen atoms in total. The highest BCUT2D eigenvalue weighted by molar-refractivity contribution is 7.07. The van der Waals surface area contributed by atoms with Gasteiger partial charge in [-0.25, -0.2) is 4.99 Å². The van der Waals surface area contributed by atoms with Crippen molar-refractivity contribution in [3.05, 3.63) is 69.1 Å². The third kappa shape index (κ3) is 3.30. The van der Waals surface area contributed by atoms with Crippen LogP contribution in [0, 0.1) is 10.1 Å². The minimum Gasteiger partial charge on any atom is -0.313 e. The summed E-state index contributed by atoms with van der Waals surface area (Å²) >= 11 is 1.60. The first kappa shape index (κ1) is 16.7. The lowest BCUT2D eigenvalue weighted by Gasteiger charge is -2.16. The van der Waals surface area contributed by atoms with Gasteiger partial charge in [0.15, 0.2) is 4.80 Å². The van der Waals surface area contributed by atoms with Gasteiger partial charge in [-0.1, -0.05) is 12.8 Å². The Labute approximate surface area is 154 Å². The molecule has 132 valence electrons. The average molecular weight is 366 g/mol. The van der Waals surface area contributed by atoms with Crippen LogP contribution in [0.3, 0.4) is 0 Å².